The van der Waals surface area contributed by atoms with Gasteiger partial charge in [-0.3, -0.25) is 4.90 Å². The molecule has 2 atom stereocenters. The van der Waals surface area contributed by atoms with E-state index in [2.05, 4.69) is 36.2 Å². The van der Waals surface area contributed by atoms with Gasteiger partial charge in [-0.25, -0.2) is 9.18 Å². The number of methoxy groups -OCH3 is 1. The van der Waals surface area contributed by atoms with Gasteiger partial charge in [0.25, 0.3) is 0 Å². The van der Waals surface area contributed by atoms with Crippen molar-refractivity contribution in [3.8, 4) is 16.9 Å². The summed E-state index contributed by atoms with van der Waals surface area (Å²) in [5.41, 5.74) is 4.10. The van der Waals surface area contributed by atoms with E-state index in [1.54, 1.807) is 12.1 Å². The van der Waals surface area contributed by atoms with Crippen molar-refractivity contribution in [3.63, 3.8) is 0 Å². The van der Waals surface area contributed by atoms with E-state index in [1.165, 1.54) is 18.7 Å². The number of fused-ring (bicyclic) bond motifs is 4. The Morgan fingerprint density at radius 3 is 2.53 bits per heavy atom. The van der Waals surface area contributed by atoms with Crippen LogP contribution in [-0.2, 0) is 11.2 Å². The van der Waals surface area contributed by atoms with Gasteiger partial charge >= 0.3 is 6.09 Å². The number of hydrogen-bond acceptors (Lipinski definition) is 4. The molecule has 3 aliphatic heterocycles. The quantitative estimate of drug-likeness (QED) is 0.734. The first-order valence-corrected chi connectivity index (χ1v) is 11.5. The van der Waals surface area contributed by atoms with Crippen LogP contribution in [0.25, 0.3) is 11.1 Å². The Morgan fingerprint density at radius 1 is 1.12 bits per heavy atom. The van der Waals surface area contributed by atoms with E-state index < -0.39 is 0 Å². The molecule has 1 N–H and O–H groups in total. The van der Waals surface area contributed by atoms with Gasteiger partial charge in [-0.05, 0) is 78.1 Å². The van der Waals surface area contributed by atoms with Gasteiger partial charge in [-0.2, -0.15) is 0 Å². The van der Waals surface area contributed by atoms with Crippen molar-refractivity contribution in [1.82, 2.24) is 10.2 Å². The molecule has 1 aliphatic carbocycles. The highest BCUT2D eigenvalue weighted by Gasteiger charge is 2.42. The highest BCUT2D eigenvalue weighted by molar-refractivity contribution is 5.70. The smallest absolute Gasteiger partial charge is 0.407 e. The molecule has 0 radical (unpaired) electrons. The molecule has 6 heteroatoms. The lowest BCUT2D eigenvalue weighted by molar-refractivity contribution is -0.0348. The summed E-state index contributed by atoms with van der Waals surface area (Å²) >= 11 is 0. The largest absolute Gasteiger partial charge is 0.494 e. The minimum atomic E-state index is -0.371. The number of benzene rings is 2. The molecule has 5 nitrogen and oxygen atoms in total. The van der Waals surface area contributed by atoms with Crippen molar-refractivity contribution in [2.75, 3.05) is 26.7 Å². The molecule has 2 aromatic rings. The molecule has 2 bridgehead atoms. The fourth-order valence-electron chi connectivity index (χ4n) is 5.68. The Morgan fingerprint density at radius 2 is 1.84 bits per heavy atom. The molecule has 3 heterocycles. The number of carbonyl (C=O) groups excluding carboxylic acids is 1. The van der Waals surface area contributed by atoms with Crippen molar-refractivity contribution in [3.05, 3.63) is 53.3 Å². The Hall–Kier alpha value is -2.60. The second kappa shape index (κ2) is 8.07. The first kappa shape index (κ1) is 21.3. The maximum absolute atomic E-state index is 13.8. The van der Waals surface area contributed by atoms with E-state index in [-0.39, 0.29) is 35.2 Å². The van der Waals surface area contributed by atoms with Crippen LogP contribution in [0.2, 0.25) is 0 Å². The SMILES string of the molecule is COc1cc(-c2ccc3c(c2)CC(C)(C)C3NC(=O)O[C@@H]2CN3CCC2CC3)ccc1F. The van der Waals surface area contributed by atoms with E-state index in [4.69, 9.17) is 9.47 Å². The van der Waals surface area contributed by atoms with Crippen LogP contribution in [0.4, 0.5) is 9.18 Å². The normalized spacial score (nSPS) is 27.6. The topological polar surface area (TPSA) is 50.8 Å². The number of halogens is 1. The average Bonchev–Trinajstić information content (AvgIpc) is 3.03. The van der Waals surface area contributed by atoms with Crippen LogP contribution in [0, 0.1) is 17.2 Å². The van der Waals surface area contributed by atoms with E-state index in [0.29, 0.717) is 5.92 Å². The summed E-state index contributed by atoms with van der Waals surface area (Å²) in [6.45, 7) is 7.45. The lowest BCUT2D eigenvalue weighted by atomic mass is 9.85. The van der Waals surface area contributed by atoms with Crippen LogP contribution in [0.1, 0.15) is 43.9 Å². The van der Waals surface area contributed by atoms with Gasteiger partial charge in [-0.15, -0.1) is 0 Å². The van der Waals surface area contributed by atoms with Gasteiger partial charge < -0.3 is 14.8 Å². The van der Waals surface area contributed by atoms with Gasteiger partial charge in [0.1, 0.15) is 6.10 Å². The van der Waals surface area contributed by atoms with Crippen LogP contribution < -0.4 is 10.1 Å². The Balaban J connectivity index is 1.34. The summed E-state index contributed by atoms with van der Waals surface area (Å²) in [5, 5.41) is 3.17. The minimum Gasteiger partial charge on any atom is -0.494 e. The van der Waals surface area contributed by atoms with E-state index in [9.17, 15) is 9.18 Å². The van der Waals surface area contributed by atoms with Crippen LogP contribution in [0.3, 0.4) is 0 Å². The Labute approximate surface area is 188 Å². The van der Waals surface area contributed by atoms with E-state index in [0.717, 1.165) is 55.6 Å². The summed E-state index contributed by atoms with van der Waals surface area (Å²) < 4.78 is 24.8. The Kier molecular flexibility index (Phi) is 5.36. The molecule has 0 spiro atoms. The van der Waals surface area contributed by atoms with Gasteiger partial charge in [0, 0.05) is 6.54 Å². The zero-order valence-corrected chi connectivity index (χ0v) is 19.0. The van der Waals surface area contributed by atoms with Gasteiger partial charge in [-0.1, -0.05) is 38.1 Å². The van der Waals surface area contributed by atoms with E-state index >= 15 is 0 Å². The molecule has 32 heavy (non-hydrogen) atoms. The second-order valence-electron chi connectivity index (χ2n) is 10.1. The maximum Gasteiger partial charge on any atom is 0.407 e. The number of ether oxygens (including phenoxy) is 2. The van der Waals surface area contributed by atoms with E-state index in [1.807, 2.05) is 6.07 Å². The summed E-state index contributed by atoms with van der Waals surface area (Å²) in [6, 6.07) is 11.1. The van der Waals surface area contributed by atoms with Crippen LogP contribution in [0.5, 0.6) is 5.75 Å². The van der Waals surface area contributed by atoms with Crippen molar-refractivity contribution < 1.29 is 18.7 Å². The van der Waals surface area contributed by atoms with Gasteiger partial charge in [0.05, 0.1) is 13.2 Å². The number of nitrogens with zero attached hydrogens (tertiary/aromatic N) is 1. The molecule has 6 rings (SSSR count). The number of nitrogens with one attached hydrogen (secondary N) is 1. The molecular formula is C26H31FN2O3. The zero-order chi connectivity index (χ0) is 22.5. The van der Waals surface area contributed by atoms with Crippen LogP contribution >= 0.6 is 0 Å². The lowest BCUT2D eigenvalue weighted by Gasteiger charge is -2.44. The van der Waals surface area contributed by atoms with Gasteiger partial charge in [0.15, 0.2) is 11.6 Å². The second-order valence-corrected chi connectivity index (χ2v) is 10.1. The number of carbonyl (C=O) groups is 1. The fraction of sp³-hybridized carbons (Fsp3) is 0.500. The molecule has 2 aromatic carbocycles. The number of hydrogen-bond donors (Lipinski definition) is 1. The number of piperidine rings is 3. The van der Waals surface area contributed by atoms with Crippen molar-refractivity contribution in [1.29, 1.82) is 0 Å². The lowest BCUT2D eigenvalue weighted by Crippen LogP contribution is -2.53. The number of alkyl carbamates (subject to hydrolysis) is 1. The molecule has 170 valence electrons. The highest BCUT2D eigenvalue weighted by Crippen LogP contribution is 2.46. The number of rotatable bonds is 4. The molecule has 1 amide bonds. The molecule has 0 aromatic heterocycles. The molecular weight excluding hydrogens is 407 g/mol. The predicted octanol–water partition coefficient (Wildman–Crippen LogP) is 4.95. The maximum atomic E-state index is 13.8. The average molecular weight is 439 g/mol. The van der Waals surface area contributed by atoms with Crippen molar-refractivity contribution >= 4 is 6.09 Å². The fourth-order valence-corrected chi connectivity index (χ4v) is 5.68. The number of amides is 1. The molecule has 4 aliphatic rings. The third-order valence-corrected chi connectivity index (χ3v) is 7.48. The van der Waals surface area contributed by atoms with Crippen LogP contribution in [-0.4, -0.2) is 43.8 Å². The monoisotopic (exact) mass is 438 g/mol. The minimum absolute atomic E-state index is 0.00248. The van der Waals surface area contributed by atoms with Crippen LogP contribution in [0.15, 0.2) is 36.4 Å². The summed E-state index contributed by atoms with van der Waals surface area (Å²) in [7, 11) is 1.47. The third-order valence-electron chi connectivity index (χ3n) is 7.48. The summed E-state index contributed by atoms with van der Waals surface area (Å²) in [5.74, 6) is 0.354. The summed E-state index contributed by atoms with van der Waals surface area (Å²) in [4.78, 5) is 15.2. The Bertz CT molecular complexity index is 1030. The molecule has 3 saturated heterocycles. The first-order chi connectivity index (χ1) is 15.3. The zero-order valence-electron chi connectivity index (χ0n) is 19.0. The first-order valence-electron chi connectivity index (χ1n) is 11.5. The van der Waals surface area contributed by atoms with Crippen molar-refractivity contribution in [2.24, 2.45) is 11.3 Å². The standard InChI is InChI=1S/C26H31FN2O3/c1-26(2)14-19-12-17(18-5-7-21(27)22(13-18)31-3)4-6-20(19)24(26)28-25(30)32-23-15-29-10-8-16(23)9-11-29/h4-7,12-13,16,23-24H,8-11,14-15H2,1-3H3,(H,28,30)/t23-,24?/m1/s1. The molecule has 1 unspecified atom stereocenters. The molecule has 0 saturated carbocycles. The summed E-state index contributed by atoms with van der Waals surface area (Å²) in [6.07, 6.45) is 2.76. The predicted molar refractivity (Wildman–Crippen MR) is 121 cm³/mol. The van der Waals surface area contributed by atoms with Gasteiger partial charge in [0.2, 0.25) is 0 Å². The third kappa shape index (κ3) is 3.85. The highest BCUT2D eigenvalue weighted by atomic mass is 19.1. The molecule has 3 fully saturated rings. The van der Waals surface area contributed by atoms with Crippen molar-refractivity contribution in [2.45, 2.75) is 45.3 Å².